The number of nitrogens with one attached hydrogen (secondary N) is 1. The van der Waals surface area contributed by atoms with Crippen molar-refractivity contribution in [3.8, 4) is 0 Å². The summed E-state index contributed by atoms with van der Waals surface area (Å²) in [5, 5.41) is 2.97. The van der Waals surface area contributed by atoms with E-state index in [0.717, 1.165) is 35.3 Å². The Labute approximate surface area is 200 Å². The van der Waals surface area contributed by atoms with Crippen LogP contribution in [0.5, 0.6) is 0 Å². The minimum absolute atomic E-state index is 0.140. The number of carbonyl (C=O) groups excluding carboxylic acids is 1. The lowest BCUT2D eigenvalue weighted by Gasteiger charge is -2.23. The lowest BCUT2D eigenvalue weighted by Crippen LogP contribution is -2.38. The summed E-state index contributed by atoms with van der Waals surface area (Å²) in [5.41, 5.74) is 3.24. The van der Waals surface area contributed by atoms with Gasteiger partial charge < -0.3 is 5.32 Å². The molecule has 0 saturated carbocycles. The Morgan fingerprint density at radius 2 is 1.36 bits per heavy atom. The van der Waals surface area contributed by atoms with Crippen molar-refractivity contribution < 1.29 is 4.79 Å². The third-order valence-corrected chi connectivity index (χ3v) is 9.66. The second-order valence-corrected chi connectivity index (χ2v) is 11.3. The first kappa shape index (κ1) is 22.9. The molecule has 11 heteroatoms. The van der Waals surface area contributed by atoms with Crippen LogP contribution in [0.15, 0.2) is 78.7 Å². The standard InChI is InChI=1S/C22H20BrN8OP/c23-18-4-3-17(13-28-18)22(32)27-8-1-2-12-33(19-5-9-24-14-29-19,20-6-10-25-15-30-20)21-7-11-26-16-31-21/h3-7,9-11,13-16H,1-2,8,12H2/p+1/i23-4. The maximum atomic E-state index is 12.4. The van der Waals surface area contributed by atoms with E-state index in [1.54, 1.807) is 55.9 Å². The predicted molar refractivity (Wildman–Crippen MR) is 130 cm³/mol. The number of rotatable bonds is 9. The highest BCUT2D eigenvalue weighted by Gasteiger charge is 2.49. The highest BCUT2D eigenvalue weighted by atomic mass is 75.9. The number of amides is 1. The zero-order valence-corrected chi connectivity index (χ0v) is 20.1. The zero-order valence-electron chi connectivity index (χ0n) is 17.6. The Hall–Kier alpha value is -3.23. The largest absolute Gasteiger partial charge is 0.352 e. The van der Waals surface area contributed by atoms with E-state index >= 15 is 0 Å². The lowest BCUT2D eigenvalue weighted by atomic mass is 10.2. The van der Waals surface area contributed by atoms with Gasteiger partial charge in [-0.05, 0) is 40.9 Å². The van der Waals surface area contributed by atoms with Gasteiger partial charge in [-0.2, -0.15) is 0 Å². The summed E-state index contributed by atoms with van der Waals surface area (Å²) in [7, 11) is -2.26. The van der Waals surface area contributed by atoms with Crippen LogP contribution in [0.1, 0.15) is 23.2 Å². The number of halogens is 1. The summed E-state index contributed by atoms with van der Waals surface area (Å²) in [6.07, 6.45) is 13.9. The smallest absolute Gasteiger partial charge is 0.252 e. The van der Waals surface area contributed by atoms with Crippen molar-refractivity contribution in [2.24, 2.45) is 0 Å². The normalized spacial score (nSPS) is 11.2. The molecule has 33 heavy (non-hydrogen) atoms. The lowest BCUT2D eigenvalue weighted by molar-refractivity contribution is 0.0953. The SMILES string of the molecule is O=C(NCCCC[P+](c1ccncn1)(c1ccncn1)c1ccncn1)c1ccc([76Br])nc1. The van der Waals surface area contributed by atoms with Crippen molar-refractivity contribution >= 4 is 45.4 Å². The van der Waals surface area contributed by atoms with Crippen LogP contribution < -0.4 is 21.6 Å². The van der Waals surface area contributed by atoms with Gasteiger partial charge in [-0.3, -0.25) is 4.79 Å². The molecule has 0 radical (unpaired) electrons. The van der Waals surface area contributed by atoms with Gasteiger partial charge in [0.1, 0.15) is 23.6 Å². The van der Waals surface area contributed by atoms with Crippen LogP contribution in [0.3, 0.4) is 0 Å². The highest BCUT2D eigenvalue weighted by molar-refractivity contribution is 9.10. The Morgan fingerprint density at radius 3 is 1.82 bits per heavy atom. The molecule has 1 N–H and O–H groups in total. The average Bonchev–Trinajstić information content (AvgIpc) is 2.88. The first-order valence-electron chi connectivity index (χ1n) is 10.3. The molecule has 0 aliphatic carbocycles. The van der Waals surface area contributed by atoms with Gasteiger partial charge >= 0.3 is 0 Å². The molecule has 0 aliphatic heterocycles. The van der Waals surface area contributed by atoms with Gasteiger partial charge in [0, 0.05) is 49.5 Å². The van der Waals surface area contributed by atoms with Crippen molar-refractivity contribution in [1.29, 1.82) is 0 Å². The number of carbonyl (C=O) groups is 1. The van der Waals surface area contributed by atoms with Gasteiger partial charge in [-0.1, -0.05) is 0 Å². The molecule has 0 aliphatic rings. The molecule has 0 unspecified atom stereocenters. The molecule has 0 saturated heterocycles. The van der Waals surface area contributed by atoms with E-state index in [1.165, 1.54) is 0 Å². The van der Waals surface area contributed by atoms with Crippen molar-refractivity contribution in [3.63, 3.8) is 0 Å². The predicted octanol–water partition coefficient (Wildman–Crippen LogP) is 1.72. The maximum absolute atomic E-state index is 12.4. The first-order chi connectivity index (χ1) is 16.2. The van der Waals surface area contributed by atoms with Crippen LogP contribution in [-0.4, -0.2) is 53.5 Å². The molecular weight excluding hydrogens is 499 g/mol. The number of nitrogens with zero attached hydrogens (tertiary/aromatic N) is 7. The molecular formula is C22H21BrN8OP+. The van der Waals surface area contributed by atoms with Gasteiger partial charge in [-0.15, -0.1) is 0 Å². The van der Waals surface area contributed by atoms with Crippen molar-refractivity contribution in [3.05, 3.63) is 84.3 Å². The second-order valence-electron chi connectivity index (χ2n) is 7.07. The van der Waals surface area contributed by atoms with Gasteiger partial charge in [-0.25, -0.2) is 34.9 Å². The van der Waals surface area contributed by atoms with Gasteiger partial charge in [0.2, 0.25) is 0 Å². The number of hydrogen-bond acceptors (Lipinski definition) is 8. The number of hydrogen-bond donors (Lipinski definition) is 1. The van der Waals surface area contributed by atoms with Crippen LogP contribution in [0.4, 0.5) is 0 Å². The van der Waals surface area contributed by atoms with Crippen LogP contribution in [0.2, 0.25) is 0 Å². The molecule has 0 atom stereocenters. The van der Waals surface area contributed by atoms with E-state index in [9.17, 15) is 4.79 Å². The molecule has 166 valence electrons. The van der Waals surface area contributed by atoms with Crippen LogP contribution >= 0.6 is 23.2 Å². The molecule has 4 rings (SSSR count). The third-order valence-electron chi connectivity index (χ3n) is 5.07. The molecule has 0 aromatic carbocycles. The minimum Gasteiger partial charge on any atom is -0.352 e. The topological polar surface area (TPSA) is 119 Å². The highest BCUT2D eigenvalue weighted by Crippen LogP contribution is 2.54. The number of aromatic nitrogens is 7. The second kappa shape index (κ2) is 11.1. The molecule has 0 spiro atoms. The molecule has 4 aromatic rings. The van der Waals surface area contributed by atoms with Crippen LogP contribution in [-0.2, 0) is 0 Å². The minimum atomic E-state index is -2.26. The summed E-state index contributed by atoms with van der Waals surface area (Å²) in [5.74, 6) is -0.140. The van der Waals surface area contributed by atoms with Crippen LogP contribution in [0, 0.1) is 0 Å². The first-order valence-corrected chi connectivity index (χ1v) is 13.0. The Bertz CT molecular complexity index is 1070. The van der Waals surface area contributed by atoms with E-state index in [2.05, 4.69) is 56.1 Å². The Balaban J connectivity index is 1.53. The van der Waals surface area contributed by atoms with Crippen molar-refractivity contribution in [2.75, 3.05) is 12.7 Å². The van der Waals surface area contributed by atoms with Crippen molar-refractivity contribution in [2.45, 2.75) is 12.8 Å². The molecule has 4 heterocycles. The molecule has 9 nitrogen and oxygen atoms in total. The monoisotopic (exact) mass is 520 g/mol. The number of pyridine rings is 1. The Morgan fingerprint density at radius 1 is 0.788 bits per heavy atom. The summed E-state index contributed by atoms with van der Waals surface area (Å²) in [6, 6.07) is 9.28. The van der Waals surface area contributed by atoms with Gasteiger partial charge in [0.15, 0.2) is 23.6 Å². The van der Waals surface area contributed by atoms with Crippen molar-refractivity contribution in [1.82, 2.24) is 40.2 Å². The fraction of sp³-hybridized carbons (Fsp3) is 0.182. The molecule has 0 bridgehead atoms. The third kappa shape index (κ3) is 5.40. The van der Waals surface area contributed by atoms with E-state index in [4.69, 9.17) is 0 Å². The molecule has 4 aromatic heterocycles. The maximum Gasteiger partial charge on any atom is 0.252 e. The molecule has 1 amide bonds. The van der Waals surface area contributed by atoms with E-state index in [1.807, 2.05) is 18.2 Å². The van der Waals surface area contributed by atoms with E-state index < -0.39 is 7.26 Å². The quantitative estimate of drug-likeness (QED) is 0.201. The Kier molecular flexibility index (Phi) is 7.70. The van der Waals surface area contributed by atoms with Crippen LogP contribution in [0.25, 0.3) is 0 Å². The molecule has 0 fully saturated rings. The number of unbranched alkanes of at least 4 members (excludes halogenated alkanes) is 1. The summed E-state index contributed by atoms with van der Waals surface area (Å²) in [4.78, 5) is 42.6. The average molecular weight is 520 g/mol. The van der Waals surface area contributed by atoms with Gasteiger partial charge in [0.25, 0.3) is 5.91 Å². The fourth-order valence-corrected chi connectivity index (χ4v) is 7.55. The van der Waals surface area contributed by atoms with E-state index in [0.29, 0.717) is 16.7 Å². The van der Waals surface area contributed by atoms with E-state index in [-0.39, 0.29) is 5.91 Å². The zero-order chi connectivity index (χ0) is 22.9. The summed E-state index contributed by atoms with van der Waals surface area (Å²) < 4.78 is 0.693. The van der Waals surface area contributed by atoms with Gasteiger partial charge in [0.05, 0.1) is 11.7 Å². The summed E-state index contributed by atoms with van der Waals surface area (Å²) >= 11 is 3.28. The fourth-order valence-electron chi connectivity index (χ4n) is 3.51. The summed E-state index contributed by atoms with van der Waals surface area (Å²) in [6.45, 7) is 0.548.